The number of carbonyl (C=O) groups excluding carboxylic acids is 2. The monoisotopic (exact) mass is 278 g/mol. The van der Waals surface area contributed by atoms with Crippen molar-refractivity contribution in [3.05, 3.63) is 23.8 Å². The van der Waals surface area contributed by atoms with Gasteiger partial charge in [0.15, 0.2) is 11.5 Å². The van der Waals surface area contributed by atoms with Crippen molar-refractivity contribution in [2.45, 2.75) is 18.9 Å². The molecule has 0 saturated carbocycles. The molecule has 1 fully saturated rings. The van der Waals surface area contributed by atoms with Gasteiger partial charge in [0.1, 0.15) is 6.10 Å². The zero-order valence-electron chi connectivity index (χ0n) is 10.7. The number of amides is 2. The smallest absolute Gasteiger partial charge is 0.269 e. The van der Waals surface area contributed by atoms with E-state index in [9.17, 15) is 9.59 Å². The van der Waals surface area contributed by atoms with Crippen molar-refractivity contribution < 1.29 is 23.8 Å². The predicted molar refractivity (Wildman–Crippen MR) is 67.1 cm³/mol. The maximum atomic E-state index is 11.9. The molecule has 2 aliphatic heterocycles. The highest BCUT2D eigenvalue weighted by Gasteiger charge is 2.24. The van der Waals surface area contributed by atoms with E-state index >= 15 is 0 Å². The van der Waals surface area contributed by atoms with E-state index in [-0.39, 0.29) is 12.7 Å². The molecule has 3 rings (SSSR count). The molecule has 1 saturated heterocycles. The molecule has 106 valence electrons. The fourth-order valence-corrected chi connectivity index (χ4v) is 2.09. The van der Waals surface area contributed by atoms with Crippen molar-refractivity contribution in [1.29, 1.82) is 0 Å². The molecule has 0 spiro atoms. The third-order valence-corrected chi connectivity index (χ3v) is 3.16. The van der Waals surface area contributed by atoms with Gasteiger partial charge >= 0.3 is 0 Å². The van der Waals surface area contributed by atoms with Gasteiger partial charge in [0, 0.05) is 12.2 Å². The number of carbonyl (C=O) groups is 2. The third-order valence-electron chi connectivity index (χ3n) is 3.16. The average Bonchev–Trinajstić information content (AvgIpc) is 3.13. The first kappa shape index (κ1) is 12.7. The van der Waals surface area contributed by atoms with Crippen LogP contribution in [0.15, 0.2) is 18.2 Å². The largest absolute Gasteiger partial charge is 0.454 e. The van der Waals surface area contributed by atoms with E-state index in [1.807, 2.05) is 0 Å². The molecular weight excluding hydrogens is 264 g/mol. The van der Waals surface area contributed by atoms with Crippen LogP contribution in [0, 0.1) is 0 Å². The van der Waals surface area contributed by atoms with Gasteiger partial charge in [-0.25, -0.2) is 0 Å². The molecule has 1 aromatic rings. The fraction of sp³-hybridized carbons (Fsp3) is 0.385. The predicted octanol–water partition coefficient (Wildman–Crippen LogP) is 0.355. The number of rotatable bonds is 2. The molecule has 2 aliphatic rings. The Labute approximate surface area is 115 Å². The second-order valence-corrected chi connectivity index (χ2v) is 4.51. The van der Waals surface area contributed by atoms with Gasteiger partial charge in [-0.3, -0.25) is 20.4 Å². The minimum absolute atomic E-state index is 0.149. The third kappa shape index (κ3) is 2.53. The van der Waals surface area contributed by atoms with Crippen LogP contribution in [-0.2, 0) is 9.53 Å². The maximum Gasteiger partial charge on any atom is 0.269 e. The summed E-state index contributed by atoms with van der Waals surface area (Å²) in [5.74, 6) is 0.360. The minimum Gasteiger partial charge on any atom is -0.454 e. The Morgan fingerprint density at radius 2 is 2.00 bits per heavy atom. The molecule has 7 nitrogen and oxygen atoms in total. The van der Waals surface area contributed by atoms with Crippen LogP contribution in [0.25, 0.3) is 0 Å². The molecule has 1 aromatic carbocycles. The molecule has 0 bridgehead atoms. The topological polar surface area (TPSA) is 85.9 Å². The van der Waals surface area contributed by atoms with Crippen molar-refractivity contribution in [2.24, 2.45) is 0 Å². The van der Waals surface area contributed by atoms with Crippen LogP contribution in [-0.4, -0.2) is 31.3 Å². The second kappa shape index (κ2) is 5.38. The summed E-state index contributed by atoms with van der Waals surface area (Å²) in [4.78, 5) is 23.6. The second-order valence-electron chi connectivity index (χ2n) is 4.51. The van der Waals surface area contributed by atoms with Crippen molar-refractivity contribution >= 4 is 11.8 Å². The summed E-state index contributed by atoms with van der Waals surface area (Å²) in [6.45, 7) is 0.727. The van der Waals surface area contributed by atoms with E-state index in [1.165, 1.54) is 0 Å². The standard InChI is InChI=1S/C13H14N2O5/c16-12(14-15-13(17)10-2-1-5-18-10)8-3-4-9-11(6-8)20-7-19-9/h3-4,6,10H,1-2,5,7H2,(H,14,16)(H,15,17). The van der Waals surface area contributed by atoms with Gasteiger partial charge in [0.25, 0.3) is 11.8 Å². The normalized spacial score (nSPS) is 19.7. The highest BCUT2D eigenvalue weighted by molar-refractivity contribution is 5.96. The van der Waals surface area contributed by atoms with E-state index < -0.39 is 12.0 Å². The summed E-state index contributed by atoms with van der Waals surface area (Å²) in [6.07, 6.45) is 1.05. The molecular formula is C13H14N2O5. The lowest BCUT2D eigenvalue weighted by molar-refractivity contribution is -0.130. The quantitative estimate of drug-likeness (QED) is 0.763. The van der Waals surface area contributed by atoms with Crippen molar-refractivity contribution in [3.63, 3.8) is 0 Å². The van der Waals surface area contributed by atoms with Crippen LogP contribution >= 0.6 is 0 Å². The lowest BCUT2D eigenvalue weighted by Gasteiger charge is -2.11. The number of hydrazine groups is 1. The first-order valence-corrected chi connectivity index (χ1v) is 6.35. The average molecular weight is 278 g/mol. The first-order chi connectivity index (χ1) is 9.74. The Hall–Kier alpha value is -2.28. The fourth-order valence-electron chi connectivity index (χ4n) is 2.09. The number of nitrogens with one attached hydrogen (secondary N) is 2. The van der Waals surface area contributed by atoms with Crippen molar-refractivity contribution in [3.8, 4) is 11.5 Å². The summed E-state index contributed by atoms with van der Waals surface area (Å²) in [7, 11) is 0. The Balaban J connectivity index is 1.57. The van der Waals surface area contributed by atoms with Crippen LogP contribution in [0.2, 0.25) is 0 Å². The highest BCUT2D eigenvalue weighted by Crippen LogP contribution is 2.32. The molecule has 1 atom stereocenters. The van der Waals surface area contributed by atoms with E-state index in [0.717, 1.165) is 6.42 Å². The van der Waals surface area contributed by atoms with Gasteiger partial charge in [-0.15, -0.1) is 0 Å². The minimum atomic E-state index is -0.480. The summed E-state index contributed by atoms with van der Waals surface area (Å²) in [5.41, 5.74) is 5.08. The van der Waals surface area contributed by atoms with Gasteiger partial charge in [-0.05, 0) is 31.0 Å². The number of ether oxygens (including phenoxy) is 3. The Bertz CT molecular complexity index is 540. The van der Waals surface area contributed by atoms with E-state index in [0.29, 0.717) is 30.1 Å². The lowest BCUT2D eigenvalue weighted by Crippen LogP contribution is -2.46. The lowest BCUT2D eigenvalue weighted by atomic mass is 10.2. The number of benzene rings is 1. The molecule has 0 aromatic heterocycles. The maximum absolute atomic E-state index is 11.9. The summed E-state index contributed by atoms with van der Waals surface area (Å²) in [6, 6.07) is 4.82. The Morgan fingerprint density at radius 1 is 1.15 bits per heavy atom. The molecule has 0 radical (unpaired) electrons. The van der Waals surface area contributed by atoms with Gasteiger partial charge in [0.05, 0.1) is 0 Å². The van der Waals surface area contributed by atoms with E-state index in [1.54, 1.807) is 18.2 Å². The van der Waals surface area contributed by atoms with Gasteiger partial charge < -0.3 is 14.2 Å². The SMILES string of the molecule is O=C(NNC(=O)C1CCCO1)c1ccc2c(c1)OCO2. The van der Waals surface area contributed by atoms with E-state index in [4.69, 9.17) is 14.2 Å². The van der Waals surface area contributed by atoms with Crippen LogP contribution in [0.5, 0.6) is 11.5 Å². The molecule has 1 unspecified atom stereocenters. The molecule has 20 heavy (non-hydrogen) atoms. The van der Waals surface area contributed by atoms with Crippen molar-refractivity contribution in [2.75, 3.05) is 13.4 Å². The number of hydrogen-bond acceptors (Lipinski definition) is 5. The Kier molecular flexibility index (Phi) is 3.42. The number of hydrogen-bond donors (Lipinski definition) is 2. The number of fused-ring (bicyclic) bond motifs is 1. The molecule has 2 amide bonds. The first-order valence-electron chi connectivity index (χ1n) is 6.35. The van der Waals surface area contributed by atoms with Gasteiger partial charge in [0.2, 0.25) is 6.79 Å². The molecule has 0 aliphatic carbocycles. The summed E-state index contributed by atoms with van der Waals surface area (Å²) in [5, 5.41) is 0. The molecule has 7 heteroatoms. The van der Waals surface area contributed by atoms with Crippen LogP contribution < -0.4 is 20.3 Å². The van der Waals surface area contributed by atoms with Crippen molar-refractivity contribution in [1.82, 2.24) is 10.9 Å². The van der Waals surface area contributed by atoms with Crippen LogP contribution in [0.4, 0.5) is 0 Å². The summed E-state index contributed by atoms with van der Waals surface area (Å²) >= 11 is 0. The van der Waals surface area contributed by atoms with Crippen LogP contribution in [0.1, 0.15) is 23.2 Å². The van der Waals surface area contributed by atoms with E-state index in [2.05, 4.69) is 10.9 Å². The van der Waals surface area contributed by atoms with Gasteiger partial charge in [-0.2, -0.15) is 0 Å². The molecule has 2 heterocycles. The zero-order chi connectivity index (χ0) is 13.9. The molecule has 2 N–H and O–H groups in total. The highest BCUT2D eigenvalue weighted by atomic mass is 16.7. The summed E-state index contributed by atoms with van der Waals surface area (Å²) < 4.78 is 15.6. The Morgan fingerprint density at radius 3 is 2.80 bits per heavy atom. The van der Waals surface area contributed by atoms with Gasteiger partial charge in [-0.1, -0.05) is 0 Å². The zero-order valence-corrected chi connectivity index (χ0v) is 10.7. The van der Waals surface area contributed by atoms with Crippen LogP contribution in [0.3, 0.4) is 0 Å².